The highest BCUT2D eigenvalue weighted by Crippen LogP contribution is 2.28. The lowest BCUT2D eigenvalue weighted by Crippen LogP contribution is -2.21. The topological polar surface area (TPSA) is 3.24 Å². The first-order valence-corrected chi connectivity index (χ1v) is 5.69. The van der Waals surface area contributed by atoms with Crippen molar-refractivity contribution in [3.8, 4) is 0 Å². The third-order valence-corrected chi connectivity index (χ3v) is 2.98. The van der Waals surface area contributed by atoms with Crippen LogP contribution in [0.1, 0.15) is 29.5 Å². The predicted octanol–water partition coefficient (Wildman–Crippen LogP) is 3.73. The van der Waals surface area contributed by atoms with Gasteiger partial charge in [-0.15, -0.1) is 0 Å². The fourth-order valence-electron chi connectivity index (χ4n) is 2.47. The number of benzene rings is 1. The molecule has 0 saturated heterocycles. The summed E-state index contributed by atoms with van der Waals surface area (Å²) in [7, 11) is 0. The molecule has 0 fully saturated rings. The van der Waals surface area contributed by atoms with Gasteiger partial charge in [-0.3, -0.25) is 0 Å². The lowest BCUT2D eigenvalue weighted by Gasteiger charge is -2.27. The van der Waals surface area contributed by atoms with Gasteiger partial charge >= 0.3 is 0 Å². The summed E-state index contributed by atoms with van der Waals surface area (Å²) in [6, 6.07) is 4.54. The van der Waals surface area contributed by atoms with Crippen molar-refractivity contribution in [2.45, 2.75) is 33.6 Å². The molecule has 0 amide bonds. The molecular formula is C14H19N. The summed E-state index contributed by atoms with van der Waals surface area (Å²) in [6.45, 7) is 7.73. The van der Waals surface area contributed by atoms with E-state index in [4.69, 9.17) is 0 Å². The summed E-state index contributed by atoms with van der Waals surface area (Å²) in [4.78, 5) is 2.38. The molecule has 80 valence electrons. The van der Waals surface area contributed by atoms with Crippen LogP contribution in [0.2, 0.25) is 0 Å². The van der Waals surface area contributed by atoms with E-state index in [1.165, 1.54) is 35.2 Å². The third-order valence-electron chi connectivity index (χ3n) is 2.98. The summed E-state index contributed by atoms with van der Waals surface area (Å²) in [5.74, 6) is 0. The number of allylic oxidation sites excluding steroid dienone is 1. The van der Waals surface area contributed by atoms with Crippen molar-refractivity contribution >= 4 is 5.69 Å². The molecule has 0 aromatic heterocycles. The first kappa shape index (κ1) is 10.3. The van der Waals surface area contributed by atoms with E-state index in [0.717, 1.165) is 6.54 Å². The fraction of sp³-hybridized carbons (Fsp3) is 0.429. The molecule has 0 aliphatic carbocycles. The van der Waals surface area contributed by atoms with Gasteiger partial charge in [-0.05, 0) is 44.7 Å². The van der Waals surface area contributed by atoms with Crippen LogP contribution in [-0.4, -0.2) is 6.54 Å². The van der Waals surface area contributed by atoms with Crippen molar-refractivity contribution in [2.24, 2.45) is 0 Å². The largest absolute Gasteiger partial charge is 0.348 e. The number of aryl methyl sites for hydroxylation is 3. The molecule has 2 rings (SSSR count). The standard InChI is InChI=1S/C14H19N/c1-11-9-12(2)14(13(3)10-11)15-7-5-4-6-8-15/h5,7,9-10H,4,6,8H2,1-3H3. The number of hydrogen-bond donors (Lipinski definition) is 0. The Bertz CT molecular complexity index is 367. The maximum Gasteiger partial charge on any atom is 0.0465 e. The molecule has 0 spiro atoms. The van der Waals surface area contributed by atoms with Gasteiger partial charge in [0.2, 0.25) is 0 Å². The van der Waals surface area contributed by atoms with Crippen molar-refractivity contribution in [1.29, 1.82) is 0 Å². The fourth-order valence-corrected chi connectivity index (χ4v) is 2.47. The van der Waals surface area contributed by atoms with E-state index in [0.29, 0.717) is 0 Å². The number of hydrogen-bond acceptors (Lipinski definition) is 1. The highest BCUT2D eigenvalue weighted by Gasteiger charge is 2.11. The lowest BCUT2D eigenvalue weighted by molar-refractivity contribution is 0.782. The molecule has 1 heterocycles. The summed E-state index contributed by atoms with van der Waals surface area (Å²) >= 11 is 0. The Kier molecular flexibility index (Phi) is 2.81. The molecular weight excluding hydrogens is 182 g/mol. The Morgan fingerprint density at radius 3 is 2.27 bits per heavy atom. The molecule has 1 aliphatic rings. The smallest absolute Gasteiger partial charge is 0.0465 e. The van der Waals surface area contributed by atoms with E-state index in [1.807, 2.05) is 0 Å². The van der Waals surface area contributed by atoms with Gasteiger partial charge in [-0.25, -0.2) is 0 Å². The Morgan fingerprint density at radius 2 is 1.73 bits per heavy atom. The zero-order valence-corrected chi connectivity index (χ0v) is 9.88. The molecule has 1 aliphatic heterocycles. The Hall–Kier alpha value is -1.24. The average molecular weight is 201 g/mol. The summed E-state index contributed by atoms with van der Waals surface area (Å²) in [5.41, 5.74) is 5.53. The monoisotopic (exact) mass is 201 g/mol. The summed E-state index contributed by atoms with van der Waals surface area (Å²) in [6.07, 6.45) is 6.99. The molecule has 1 heteroatoms. The van der Waals surface area contributed by atoms with Gasteiger partial charge in [-0.1, -0.05) is 23.8 Å². The zero-order valence-electron chi connectivity index (χ0n) is 9.88. The van der Waals surface area contributed by atoms with Gasteiger partial charge in [0.05, 0.1) is 0 Å². The lowest BCUT2D eigenvalue weighted by atomic mass is 10.0. The number of nitrogens with zero attached hydrogens (tertiary/aromatic N) is 1. The molecule has 0 radical (unpaired) electrons. The highest BCUT2D eigenvalue weighted by atomic mass is 15.1. The Labute approximate surface area is 92.4 Å². The first-order valence-electron chi connectivity index (χ1n) is 5.69. The van der Waals surface area contributed by atoms with Crippen molar-refractivity contribution in [3.63, 3.8) is 0 Å². The molecule has 0 bridgehead atoms. The van der Waals surface area contributed by atoms with E-state index < -0.39 is 0 Å². The van der Waals surface area contributed by atoms with E-state index in [1.54, 1.807) is 0 Å². The molecule has 0 unspecified atom stereocenters. The summed E-state index contributed by atoms with van der Waals surface area (Å²) in [5, 5.41) is 0. The average Bonchev–Trinajstić information content (AvgIpc) is 2.17. The zero-order chi connectivity index (χ0) is 10.8. The van der Waals surface area contributed by atoms with Crippen molar-refractivity contribution in [1.82, 2.24) is 0 Å². The molecule has 0 atom stereocenters. The Morgan fingerprint density at radius 1 is 1.07 bits per heavy atom. The van der Waals surface area contributed by atoms with Crippen LogP contribution in [0.5, 0.6) is 0 Å². The van der Waals surface area contributed by atoms with Crippen LogP contribution in [0, 0.1) is 20.8 Å². The van der Waals surface area contributed by atoms with Crippen LogP contribution in [0.4, 0.5) is 5.69 Å². The second kappa shape index (κ2) is 4.09. The van der Waals surface area contributed by atoms with Gasteiger partial charge in [0.1, 0.15) is 0 Å². The van der Waals surface area contributed by atoms with Gasteiger partial charge in [0.15, 0.2) is 0 Å². The van der Waals surface area contributed by atoms with Crippen molar-refractivity contribution in [2.75, 3.05) is 11.4 Å². The van der Waals surface area contributed by atoms with Crippen LogP contribution >= 0.6 is 0 Å². The van der Waals surface area contributed by atoms with E-state index in [2.05, 4.69) is 50.1 Å². The molecule has 15 heavy (non-hydrogen) atoms. The van der Waals surface area contributed by atoms with E-state index >= 15 is 0 Å². The van der Waals surface area contributed by atoms with E-state index in [-0.39, 0.29) is 0 Å². The minimum atomic E-state index is 1.15. The van der Waals surface area contributed by atoms with E-state index in [9.17, 15) is 0 Å². The van der Waals surface area contributed by atoms with Gasteiger partial charge in [0, 0.05) is 18.4 Å². The number of anilines is 1. The van der Waals surface area contributed by atoms with Crippen molar-refractivity contribution < 1.29 is 0 Å². The van der Waals surface area contributed by atoms with Crippen LogP contribution in [0.15, 0.2) is 24.4 Å². The predicted molar refractivity (Wildman–Crippen MR) is 66.4 cm³/mol. The van der Waals surface area contributed by atoms with Crippen LogP contribution in [0.25, 0.3) is 0 Å². The molecule has 1 nitrogen and oxygen atoms in total. The molecule has 0 N–H and O–H groups in total. The summed E-state index contributed by atoms with van der Waals surface area (Å²) < 4.78 is 0. The normalized spacial score (nSPS) is 15.8. The maximum absolute atomic E-state index is 2.38. The second-order valence-corrected chi connectivity index (χ2v) is 4.47. The number of rotatable bonds is 1. The minimum absolute atomic E-state index is 1.15. The quantitative estimate of drug-likeness (QED) is 0.669. The SMILES string of the molecule is Cc1cc(C)c(N2C=CCCC2)c(C)c1. The van der Waals surface area contributed by atoms with Gasteiger partial charge in [-0.2, -0.15) is 0 Å². The Balaban J connectivity index is 2.42. The van der Waals surface area contributed by atoms with Crippen molar-refractivity contribution in [3.05, 3.63) is 41.1 Å². The van der Waals surface area contributed by atoms with Crippen LogP contribution in [0.3, 0.4) is 0 Å². The molecule has 1 aromatic rings. The molecule has 0 saturated carbocycles. The molecule has 1 aromatic carbocycles. The first-order chi connectivity index (χ1) is 7.18. The van der Waals surface area contributed by atoms with Crippen LogP contribution < -0.4 is 4.90 Å². The second-order valence-electron chi connectivity index (χ2n) is 4.47. The minimum Gasteiger partial charge on any atom is -0.348 e. The third kappa shape index (κ3) is 2.06. The van der Waals surface area contributed by atoms with Crippen LogP contribution in [-0.2, 0) is 0 Å². The van der Waals surface area contributed by atoms with Gasteiger partial charge in [0.25, 0.3) is 0 Å². The van der Waals surface area contributed by atoms with Gasteiger partial charge < -0.3 is 4.90 Å². The highest BCUT2D eigenvalue weighted by molar-refractivity contribution is 5.62. The maximum atomic E-state index is 2.38.